The normalized spacial score (nSPS) is 11.7. The molecule has 0 aromatic heterocycles. The second kappa shape index (κ2) is 13.7. The Kier molecular flexibility index (Phi) is 11.0. The van der Waals surface area contributed by atoms with Gasteiger partial charge in [0, 0.05) is 50.9 Å². The molecule has 0 unspecified atom stereocenters. The molecule has 0 aliphatic carbocycles. The zero-order chi connectivity index (χ0) is 23.3. The number of aliphatic imine (C=N–C) groups is 1. The molecular formula is C25H37FN4O2. The molecule has 176 valence electrons. The van der Waals surface area contributed by atoms with Crippen LogP contribution in [0.15, 0.2) is 41.4 Å². The van der Waals surface area contributed by atoms with Crippen molar-refractivity contribution in [3.05, 3.63) is 64.5 Å². The standard InChI is InChI=1S/C25H37FN4O2/c1-6-27-25(28-16-20-9-11-23(26)22(15-20)18-30(3)4)29-17-21-10-8-19(2)14-24(21)32-13-7-12-31-5/h8-11,14-15H,6-7,12-13,16-18H2,1-5H3,(H2,27,28,29). The molecular weight excluding hydrogens is 407 g/mol. The molecule has 7 heteroatoms. The van der Waals surface area contributed by atoms with Crippen molar-refractivity contribution in [2.45, 2.75) is 39.9 Å². The summed E-state index contributed by atoms with van der Waals surface area (Å²) in [6.07, 6.45) is 0.842. The first kappa shape index (κ1) is 25.6. The zero-order valence-corrected chi connectivity index (χ0v) is 20.0. The minimum Gasteiger partial charge on any atom is -0.493 e. The van der Waals surface area contributed by atoms with Gasteiger partial charge >= 0.3 is 0 Å². The lowest BCUT2D eigenvalue weighted by atomic mass is 10.1. The summed E-state index contributed by atoms with van der Waals surface area (Å²) in [5.41, 5.74) is 3.86. The second-order valence-corrected chi connectivity index (χ2v) is 8.02. The van der Waals surface area contributed by atoms with Crippen LogP contribution in [0.5, 0.6) is 5.75 Å². The number of guanidine groups is 1. The topological polar surface area (TPSA) is 58.1 Å². The first-order chi connectivity index (χ1) is 15.4. The van der Waals surface area contributed by atoms with Gasteiger partial charge < -0.3 is 25.0 Å². The monoisotopic (exact) mass is 444 g/mol. The lowest BCUT2D eigenvalue weighted by molar-refractivity contribution is 0.171. The van der Waals surface area contributed by atoms with Crippen LogP contribution >= 0.6 is 0 Å². The molecule has 0 saturated carbocycles. The first-order valence-corrected chi connectivity index (χ1v) is 11.1. The van der Waals surface area contributed by atoms with Gasteiger partial charge in [-0.05, 0) is 57.3 Å². The van der Waals surface area contributed by atoms with Gasteiger partial charge in [0.2, 0.25) is 0 Å². The Morgan fingerprint density at radius 3 is 2.59 bits per heavy atom. The van der Waals surface area contributed by atoms with Crippen LogP contribution in [0.25, 0.3) is 0 Å². The van der Waals surface area contributed by atoms with E-state index in [1.54, 1.807) is 13.2 Å². The van der Waals surface area contributed by atoms with Crippen LogP contribution in [-0.4, -0.2) is 51.8 Å². The van der Waals surface area contributed by atoms with Gasteiger partial charge in [0.1, 0.15) is 11.6 Å². The third-order valence-corrected chi connectivity index (χ3v) is 4.78. The molecule has 2 aromatic rings. The highest BCUT2D eigenvalue weighted by Crippen LogP contribution is 2.20. The Morgan fingerprint density at radius 2 is 1.88 bits per heavy atom. The summed E-state index contributed by atoms with van der Waals surface area (Å²) in [4.78, 5) is 6.64. The van der Waals surface area contributed by atoms with Crippen LogP contribution in [0.4, 0.5) is 4.39 Å². The van der Waals surface area contributed by atoms with Gasteiger partial charge in [-0.25, -0.2) is 9.38 Å². The number of nitrogens with one attached hydrogen (secondary N) is 2. The summed E-state index contributed by atoms with van der Waals surface area (Å²) in [6, 6.07) is 11.4. The van der Waals surface area contributed by atoms with Gasteiger partial charge in [-0.15, -0.1) is 0 Å². The summed E-state index contributed by atoms with van der Waals surface area (Å²) in [7, 11) is 5.55. The predicted molar refractivity (Wildman–Crippen MR) is 129 cm³/mol. The second-order valence-electron chi connectivity index (χ2n) is 8.02. The number of halogens is 1. The van der Waals surface area contributed by atoms with E-state index < -0.39 is 0 Å². The first-order valence-electron chi connectivity index (χ1n) is 11.1. The molecule has 0 spiro atoms. The number of rotatable bonds is 12. The van der Waals surface area contributed by atoms with E-state index in [1.165, 1.54) is 6.07 Å². The van der Waals surface area contributed by atoms with E-state index >= 15 is 0 Å². The third-order valence-electron chi connectivity index (χ3n) is 4.78. The van der Waals surface area contributed by atoms with E-state index in [4.69, 9.17) is 9.47 Å². The average molecular weight is 445 g/mol. The molecule has 0 fully saturated rings. The summed E-state index contributed by atoms with van der Waals surface area (Å²) >= 11 is 0. The highest BCUT2D eigenvalue weighted by molar-refractivity contribution is 5.79. The number of methoxy groups -OCH3 is 1. The summed E-state index contributed by atoms with van der Waals surface area (Å²) in [5.74, 6) is 1.39. The van der Waals surface area contributed by atoms with Crippen molar-refractivity contribution in [2.24, 2.45) is 4.99 Å². The number of nitrogens with zero attached hydrogens (tertiary/aromatic N) is 2. The quantitative estimate of drug-likeness (QED) is 0.296. The lowest BCUT2D eigenvalue weighted by Crippen LogP contribution is -2.36. The molecule has 2 rings (SSSR count). The highest BCUT2D eigenvalue weighted by atomic mass is 19.1. The maximum absolute atomic E-state index is 14.0. The number of hydrogen-bond donors (Lipinski definition) is 2. The molecule has 2 aromatic carbocycles. The molecule has 32 heavy (non-hydrogen) atoms. The lowest BCUT2D eigenvalue weighted by Gasteiger charge is -2.16. The highest BCUT2D eigenvalue weighted by Gasteiger charge is 2.08. The molecule has 0 bridgehead atoms. The van der Waals surface area contributed by atoms with E-state index in [-0.39, 0.29) is 5.82 Å². The van der Waals surface area contributed by atoms with E-state index in [0.717, 1.165) is 35.4 Å². The Morgan fingerprint density at radius 1 is 1.06 bits per heavy atom. The van der Waals surface area contributed by atoms with Crippen molar-refractivity contribution in [3.63, 3.8) is 0 Å². The van der Waals surface area contributed by atoms with Gasteiger partial charge in [0.05, 0.1) is 13.2 Å². The van der Waals surface area contributed by atoms with Crippen molar-refractivity contribution >= 4 is 5.96 Å². The van der Waals surface area contributed by atoms with Crippen molar-refractivity contribution in [2.75, 3.05) is 41.0 Å². The molecule has 0 aliphatic heterocycles. The number of aryl methyl sites for hydroxylation is 1. The van der Waals surface area contributed by atoms with E-state index in [0.29, 0.717) is 44.4 Å². The Bertz CT molecular complexity index is 871. The van der Waals surface area contributed by atoms with Crippen molar-refractivity contribution < 1.29 is 13.9 Å². The van der Waals surface area contributed by atoms with Gasteiger partial charge in [0.25, 0.3) is 0 Å². The smallest absolute Gasteiger partial charge is 0.191 e. The Balaban J connectivity index is 2.05. The molecule has 0 amide bonds. The van der Waals surface area contributed by atoms with E-state index in [1.807, 2.05) is 32.0 Å². The van der Waals surface area contributed by atoms with E-state index in [9.17, 15) is 4.39 Å². The fraction of sp³-hybridized carbons (Fsp3) is 0.480. The SMILES string of the molecule is CCNC(=NCc1ccc(F)c(CN(C)C)c1)NCc1ccc(C)cc1OCCCOC. The molecule has 6 nitrogen and oxygen atoms in total. The van der Waals surface area contributed by atoms with Crippen LogP contribution in [0, 0.1) is 12.7 Å². The molecule has 0 atom stereocenters. The molecule has 2 N–H and O–H groups in total. The molecule has 0 radical (unpaired) electrons. The minimum absolute atomic E-state index is 0.186. The predicted octanol–water partition coefficient (Wildman–Crippen LogP) is 3.87. The summed E-state index contributed by atoms with van der Waals surface area (Å²) in [6.45, 7) is 7.72. The van der Waals surface area contributed by atoms with Gasteiger partial charge in [-0.1, -0.05) is 18.2 Å². The fourth-order valence-electron chi connectivity index (χ4n) is 3.21. The summed E-state index contributed by atoms with van der Waals surface area (Å²) in [5, 5.41) is 6.65. The fourth-order valence-corrected chi connectivity index (χ4v) is 3.21. The average Bonchev–Trinajstić information content (AvgIpc) is 2.76. The van der Waals surface area contributed by atoms with Crippen LogP contribution < -0.4 is 15.4 Å². The Hall–Kier alpha value is -2.64. The maximum atomic E-state index is 14.0. The third kappa shape index (κ3) is 8.85. The van der Waals surface area contributed by atoms with Crippen LogP contribution in [-0.2, 0) is 24.4 Å². The van der Waals surface area contributed by atoms with E-state index in [2.05, 4.69) is 40.7 Å². The minimum atomic E-state index is -0.186. The molecule has 0 saturated heterocycles. The van der Waals surface area contributed by atoms with Crippen LogP contribution in [0.3, 0.4) is 0 Å². The number of hydrogen-bond acceptors (Lipinski definition) is 4. The van der Waals surface area contributed by atoms with Gasteiger partial charge in [0.15, 0.2) is 5.96 Å². The maximum Gasteiger partial charge on any atom is 0.191 e. The van der Waals surface area contributed by atoms with Crippen LogP contribution in [0.1, 0.15) is 35.6 Å². The largest absolute Gasteiger partial charge is 0.493 e. The number of benzene rings is 2. The summed E-state index contributed by atoms with van der Waals surface area (Å²) < 4.78 is 25.1. The van der Waals surface area contributed by atoms with Crippen molar-refractivity contribution in [1.82, 2.24) is 15.5 Å². The zero-order valence-electron chi connectivity index (χ0n) is 20.0. The van der Waals surface area contributed by atoms with Crippen LogP contribution in [0.2, 0.25) is 0 Å². The van der Waals surface area contributed by atoms with Crippen molar-refractivity contribution in [1.29, 1.82) is 0 Å². The van der Waals surface area contributed by atoms with Gasteiger partial charge in [-0.2, -0.15) is 0 Å². The Labute approximate surface area is 191 Å². The van der Waals surface area contributed by atoms with Gasteiger partial charge in [-0.3, -0.25) is 0 Å². The number of ether oxygens (including phenoxy) is 2. The van der Waals surface area contributed by atoms with Crippen molar-refractivity contribution in [3.8, 4) is 5.75 Å². The molecule has 0 heterocycles. The molecule has 0 aliphatic rings.